The molecule has 3 aromatic rings. The summed E-state index contributed by atoms with van der Waals surface area (Å²) in [7, 11) is -2.67. The maximum Gasteiger partial charge on any atom is 0.281 e. The smallest absolute Gasteiger partial charge is 0.281 e. The molecule has 3 heterocycles. The zero-order chi connectivity index (χ0) is 26.3. The first-order valence-electron chi connectivity index (χ1n) is 11.6. The van der Waals surface area contributed by atoms with Crippen LogP contribution in [0.5, 0.6) is 5.75 Å². The zero-order valence-corrected chi connectivity index (χ0v) is 21.9. The van der Waals surface area contributed by atoms with Crippen LogP contribution in [0, 0.1) is 12.8 Å². The van der Waals surface area contributed by atoms with Crippen molar-refractivity contribution < 1.29 is 17.9 Å². The van der Waals surface area contributed by atoms with E-state index in [1.807, 2.05) is 25.1 Å². The molecule has 190 valence electrons. The molecule has 1 aliphatic rings. The van der Waals surface area contributed by atoms with Gasteiger partial charge in [-0.05, 0) is 74.6 Å². The van der Waals surface area contributed by atoms with Gasteiger partial charge in [-0.25, -0.2) is 14.7 Å². The first-order chi connectivity index (χ1) is 16.9. The van der Waals surface area contributed by atoms with Crippen LogP contribution in [-0.2, 0) is 10.0 Å². The molecule has 0 spiro atoms. The van der Waals surface area contributed by atoms with Crippen LogP contribution in [0.1, 0.15) is 43.1 Å². The molecule has 0 bridgehead atoms. The van der Waals surface area contributed by atoms with Gasteiger partial charge in [-0.3, -0.25) is 4.79 Å². The molecule has 0 saturated carbocycles. The van der Waals surface area contributed by atoms with Gasteiger partial charge in [0, 0.05) is 23.8 Å². The minimum Gasteiger partial charge on any atom is -0.497 e. The highest BCUT2D eigenvalue weighted by Gasteiger charge is 2.39. The minimum atomic E-state index is -4.26. The molecular formula is C26H31N5O4S. The third-order valence-corrected chi connectivity index (χ3v) is 7.54. The molecule has 2 aromatic heterocycles. The fourth-order valence-corrected chi connectivity index (χ4v) is 5.74. The zero-order valence-electron chi connectivity index (χ0n) is 21.1. The molecule has 4 rings (SSSR count). The van der Waals surface area contributed by atoms with Crippen molar-refractivity contribution in [3.8, 4) is 16.9 Å². The Morgan fingerprint density at radius 3 is 2.58 bits per heavy atom. The summed E-state index contributed by atoms with van der Waals surface area (Å²) in [5.41, 5.74) is 7.99. The predicted octanol–water partition coefficient (Wildman–Crippen LogP) is 3.79. The molecule has 1 amide bonds. The van der Waals surface area contributed by atoms with Crippen LogP contribution in [0.3, 0.4) is 0 Å². The number of nitrogens with one attached hydrogen (secondary N) is 1. The van der Waals surface area contributed by atoms with Gasteiger partial charge in [-0.1, -0.05) is 19.1 Å². The number of nitrogens with zero attached hydrogens (tertiary/aromatic N) is 3. The molecule has 36 heavy (non-hydrogen) atoms. The van der Waals surface area contributed by atoms with E-state index in [1.54, 1.807) is 19.4 Å². The van der Waals surface area contributed by atoms with Crippen LogP contribution < -0.4 is 20.1 Å². The summed E-state index contributed by atoms with van der Waals surface area (Å²) >= 11 is 0. The van der Waals surface area contributed by atoms with Crippen LogP contribution in [0.15, 0.2) is 53.7 Å². The number of pyridine rings is 2. The Morgan fingerprint density at radius 2 is 1.94 bits per heavy atom. The number of carbonyl (C=O) groups excluding carboxylic acids is 1. The largest absolute Gasteiger partial charge is 0.497 e. The molecule has 1 atom stereocenters. The quantitative estimate of drug-likeness (QED) is 0.514. The number of carbonyl (C=O) groups is 1. The Bertz CT molecular complexity index is 1420. The monoisotopic (exact) mass is 509 g/mol. The lowest BCUT2D eigenvalue weighted by Crippen LogP contribution is -2.41. The number of sulfonamides is 1. The van der Waals surface area contributed by atoms with E-state index in [0.29, 0.717) is 29.6 Å². The number of aromatic nitrogens is 2. The van der Waals surface area contributed by atoms with Gasteiger partial charge in [0.25, 0.3) is 15.9 Å². The Hall–Kier alpha value is -3.66. The van der Waals surface area contributed by atoms with E-state index in [-0.39, 0.29) is 21.9 Å². The van der Waals surface area contributed by atoms with Crippen LogP contribution in [0.2, 0.25) is 0 Å². The summed E-state index contributed by atoms with van der Waals surface area (Å²) in [6.45, 7) is 8.96. The lowest BCUT2D eigenvalue weighted by Gasteiger charge is -2.33. The van der Waals surface area contributed by atoms with E-state index in [4.69, 9.17) is 10.5 Å². The van der Waals surface area contributed by atoms with Crippen molar-refractivity contribution in [3.05, 3.63) is 59.8 Å². The lowest BCUT2D eigenvalue weighted by molar-refractivity contribution is 0.0981. The number of methoxy groups -OCH3 is 1. The van der Waals surface area contributed by atoms with Crippen molar-refractivity contribution in [2.75, 3.05) is 24.3 Å². The molecule has 1 aromatic carbocycles. The summed E-state index contributed by atoms with van der Waals surface area (Å²) in [4.78, 5) is 24.1. The molecule has 1 unspecified atom stereocenters. The number of benzene rings is 1. The Labute approximate surface area is 211 Å². The summed E-state index contributed by atoms with van der Waals surface area (Å²) in [5, 5.41) is -0.333. The third-order valence-electron chi connectivity index (χ3n) is 6.31. The number of rotatable bonds is 6. The molecule has 1 aliphatic heterocycles. The summed E-state index contributed by atoms with van der Waals surface area (Å²) in [6, 6.07) is 11.6. The van der Waals surface area contributed by atoms with E-state index >= 15 is 0 Å². The second kappa shape index (κ2) is 9.42. The van der Waals surface area contributed by atoms with Crippen molar-refractivity contribution in [3.63, 3.8) is 0 Å². The number of hydrogen-bond acceptors (Lipinski definition) is 8. The molecule has 10 heteroatoms. The number of hydrogen-bond donors (Lipinski definition) is 2. The Kier molecular flexibility index (Phi) is 6.66. The molecular weight excluding hydrogens is 478 g/mol. The number of anilines is 2. The number of nitrogen functional groups attached to an aromatic ring is 1. The van der Waals surface area contributed by atoms with Crippen LogP contribution in [0.25, 0.3) is 11.1 Å². The van der Waals surface area contributed by atoms with Gasteiger partial charge in [-0.15, -0.1) is 0 Å². The fourth-order valence-electron chi connectivity index (χ4n) is 4.80. The van der Waals surface area contributed by atoms with Crippen molar-refractivity contribution >= 4 is 27.6 Å². The van der Waals surface area contributed by atoms with E-state index in [9.17, 15) is 13.2 Å². The average molecular weight is 510 g/mol. The SMILES string of the molecule is COc1cc(C)cc(-c2cnc(N3CC(C)CC3(C)C)c(C(=O)NS(=O)(=O)c3cccc(N)n3)c2)c1. The second-order valence-electron chi connectivity index (χ2n) is 9.90. The molecule has 1 fully saturated rings. The number of nitrogens with two attached hydrogens (primary N) is 1. The number of aryl methyl sites for hydroxylation is 1. The van der Waals surface area contributed by atoms with Gasteiger partial charge in [0.1, 0.15) is 17.4 Å². The molecule has 3 N–H and O–H groups in total. The topological polar surface area (TPSA) is 128 Å². The number of ether oxygens (including phenoxy) is 1. The van der Waals surface area contributed by atoms with Gasteiger partial charge in [0.15, 0.2) is 5.03 Å². The summed E-state index contributed by atoms with van der Waals surface area (Å²) < 4.78 is 33.5. The first-order valence-corrected chi connectivity index (χ1v) is 13.1. The highest BCUT2D eigenvalue weighted by Crippen LogP contribution is 2.38. The standard InChI is InChI=1S/C26H31N5O4S/c1-16-9-18(11-20(10-16)35-5)19-12-21(24(28-14-19)31-15-17(2)13-26(31,3)4)25(32)30-36(33,34)23-8-6-7-22(27)29-23/h6-12,14,17H,13,15H2,1-5H3,(H2,27,29)(H,30,32). The molecule has 9 nitrogen and oxygen atoms in total. The van der Waals surface area contributed by atoms with Crippen molar-refractivity contribution in [1.29, 1.82) is 0 Å². The van der Waals surface area contributed by atoms with Crippen molar-refractivity contribution in [2.45, 2.75) is 44.7 Å². The van der Waals surface area contributed by atoms with Gasteiger partial charge in [-0.2, -0.15) is 8.42 Å². The van der Waals surface area contributed by atoms with Crippen LogP contribution in [-0.4, -0.2) is 43.5 Å². The predicted molar refractivity (Wildman–Crippen MR) is 139 cm³/mol. The van der Waals surface area contributed by atoms with E-state index in [0.717, 1.165) is 17.5 Å². The minimum absolute atomic E-state index is 0.0378. The van der Waals surface area contributed by atoms with Gasteiger partial charge in [0.2, 0.25) is 0 Å². The van der Waals surface area contributed by atoms with Gasteiger partial charge < -0.3 is 15.4 Å². The fraction of sp³-hybridized carbons (Fsp3) is 0.346. The summed E-state index contributed by atoms with van der Waals surface area (Å²) in [6.07, 6.45) is 2.62. The van der Waals surface area contributed by atoms with E-state index < -0.39 is 15.9 Å². The first kappa shape index (κ1) is 25.4. The van der Waals surface area contributed by atoms with Crippen molar-refractivity contribution in [1.82, 2.24) is 14.7 Å². The lowest BCUT2D eigenvalue weighted by atomic mass is 9.97. The molecule has 0 aliphatic carbocycles. The van der Waals surface area contributed by atoms with Gasteiger partial charge in [0.05, 0.1) is 12.7 Å². The van der Waals surface area contributed by atoms with Crippen LogP contribution in [0.4, 0.5) is 11.6 Å². The van der Waals surface area contributed by atoms with Crippen LogP contribution >= 0.6 is 0 Å². The van der Waals surface area contributed by atoms with E-state index in [2.05, 4.69) is 40.4 Å². The maximum absolute atomic E-state index is 13.5. The average Bonchev–Trinajstić information content (AvgIpc) is 3.09. The maximum atomic E-state index is 13.5. The summed E-state index contributed by atoms with van der Waals surface area (Å²) in [5.74, 6) is 0.735. The van der Waals surface area contributed by atoms with Crippen molar-refractivity contribution in [2.24, 2.45) is 5.92 Å². The highest BCUT2D eigenvalue weighted by atomic mass is 32.2. The third kappa shape index (κ3) is 5.13. The second-order valence-corrected chi connectivity index (χ2v) is 11.5. The van der Waals surface area contributed by atoms with Gasteiger partial charge >= 0.3 is 0 Å². The molecule has 0 radical (unpaired) electrons. The number of amides is 1. The molecule has 1 saturated heterocycles. The normalized spacial score (nSPS) is 17.1. The Morgan fingerprint density at radius 1 is 1.19 bits per heavy atom. The Balaban J connectivity index is 1.81. The van der Waals surface area contributed by atoms with E-state index in [1.165, 1.54) is 18.2 Å². The highest BCUT2D eigenvalue weighted by molar-refractivity contribution is 7.90.